The second-order valence-corrected chi connectivity index (χ2v) is 8.13. The molecule has 0 bridgehead atoms. The summed E-state index contributed by atoms with van der Waals surface area (Å²) in [6.45, 7) is 1.58. The van der Waals surface area contributed by atoms with Crippen LogP contribution < -0.4 is 4.90 Å². The van der Waals surface area contributed by atoms with Gasteiger partial charge in [-0.1, -0.05) is 6.08 Å². The summed E-state index contributed by atoms with van der Waals surface area (Å²) in [5, 5.41) is 16.8. The monoisotopic (exact) mass is 448 g/mol. The van der Waals surface area contributed by atoms with E-state index in [0.717, 1.165) is 17.0 Å². The van der Waals surface area contributed by atoms with Crippen LogP contribution in [0.5, 0.6) is 0 Å². The fraction of sp³-hybridized carbons (Fsp3) is 0.217. The molecule has 2 fully saturated rings. The second kappa shape index (κ2) is 7.44. The molecule has 2 aromatic carbocycles. The van der Waals surface area contributed by atoms with Crippen molar-refractivity contribution in [2.24, 2.45) is 16.9 Å². The Kier molecular flexibility index (Phi) is 4.66. The maximum atomic E-state index is 13.6. The number of allylic oxidation sites excluding steroid dienone is 1. The first-order valence-corrected chi connectivity index (χ1v) is 10.2. The number of aryl methyl sites for hydroxylation is 1. The van der Waals surface area contributed by atoms with Gasteiger partial charge in [0.1, 0.15) is 11.9 Å². The van der Waals surface area contributed by atoms with Crippen LogP contribution in [0.3, 0.4) is 0 Å². The van der Waals surface area contributed by atoms with Gasteiger partial charge in [0.25, 0.3) is 5.69 Å². The van der Waals surface area contributed by atoms with Crippen molar-refractivity contribution in [2.75, 3.05) is 4.90 Å². The highest BCUT2D eigenvalue weighted by Gasteiger charge is 2.64. The summed E-state index contributed by atoms with van der Waals surface area (Å²) in [5.41, 5.74) is 0.681. The molecule has 0 aromatic heterocycles. The van der Waals surface area contributed by atoms with Crippen LogP contribution in [-0.2, 0) is 9.59 Å². The van der Waals surface area contributed by atoms with Crippen molar-refractivity contribution >= 4 is 35.2 Å². The zero-order valence-electron chi connectivity index (χ0n) is 17.3. The van der Waals surface area contributed by atoms with Gasteiger partial charge >= 0.3 is 0 Å². The number of non-ortho nitro benzene ring substituents is 1. The summed E-state index contributed by atoms with van der Waals surface area (Å²) >= 11 is 0. The molecule has 0 unspecified atom stereocenters. The number of anilines is 1. The number of carbonyl (C=O) groups excluding carboxylic acids is 3. The number of nitrogens with zero attached hydrogens (tertiary/aromatic N) is 4. The van der Waals surface area contributed by atoms with Gasteiger partial charge in [-0.25, -0.2) is 9.29 Å². The van der Waals surface area contributed by atoms with Gasteiger partial charge in [-0.2, -0.15) is 5.10 Å². The maximum absolute atomic E-state index is 13.6. The Morgan fingerprint density at radius 3 is 2.45 bits per heavy atom. The molecule has 166 valence electrons. The van der Waals surface area contributed by atoms with E-state index in [9.17, 15) is 28.9 Å². The van der Waals surface area contributed by atoms with Crippen molar-refractivity contribution < 1.29 is 23.7 Å². The van der Waals surface area contributed by atoms with Crippen LogP contribution >= 0.6 is 0 Å². The lowest BCUT2D eigenvalue weighted by molar-refractivity contribution is -0.384. The normalized spacial score (nSPS) is 25.4. The average molecular weight is 448 g/mol. The van der Waals surface area contributed by atoms with Crippen molar-refractivity contribution in [3.63, 3.8) is 0 Å². The molecule has 0 radical (unpaired) electrons. The first kappa shape index (κ1) is 20.7. The average Bonchev–Trinajstić information content (AvgIpc) is 3.27. The molecule has 3 aliphatic heterocycles. The summed E-state index contributed by atoms with van der Waals surface area (Å²) in [5.74, 6) is -3.86. The fourth-order valence-corrected chi connectivity index (χ4v) is 4.86. The zero-order valence-corrected chi connectivity index (χ0v) is 17.3. The van der Waals surface area contributed by atoms with Crippen molar-refractivity contribution in [3.05, 3.63) is 81.7 Å². The molecule has 3 aliphatic rings. The number of amides is 2. The lowest BCUT2D eigenvalue weighted by Gasteiger charge is -2.30. The predicted octanol–water partition coefficient (Wildman–Crippen LogP) is 2.64. The van der Waals surface area contributed by atoms with Gasteiger partial charge in [-0.15, -0.1) is 0 Å². The lowest BCUT2D eigenvalue weighted by atomic mass is 9.86. The van der Waals surface area contributed by atoms with E-state index < -0.39 is 52.3 Å². The van der Waals surface area contributed by atoms with Gasteiger partial charge in [-0.05, 0) is 48.9 Å². The second-order valence-electron chi connectivity index (χ2n) is 8.13. The maximum Gasteiger partial charge on any atom is 0.269 e. The van der Waals surface area contributed by atoms with E-state index in [0.29, 0.717) is 5.56 Å². The van der Waals surface area contributed by atoms with Crippen LogP contribution in [0.25, 0.3) is 0 Å². The third-order valence-corrected chi connectivity index (χ3v) is 6.32. The molecule has 0 saturated carbocycles. The highest BCUT2D eigenvalue weighted by Crippen LogP contribution is 2.46. The van der Waals surface area contributed by atoms with Crippen LogP contribution in [0.4, 0.5) is 15.8 Å². The molecule has 4 atom stereocenters. The summed E-state index contributed by atoms with van der Waals surface area (Å²) in [6.07, 6.45) is 4.86. The van der Waals surface area contributed by atoms with E-state index in [1.54, 1.807) is 19.1 Å². The first-order chi connectivity index (χ1) is 15.8. The quantitative estimate of drug-likeness (QED) is 0.308. The SMILES string of the molecule is Cc1cc([N+](=O)[O-])ccc1N1C(=O)[C@@H]2[C@H](C1=O)[C@@H](C(=O)c1ccc(F)cc1)N1N=CC=C[C@H]21. The van der Waals surface area contributed by atoms with Gasteiger partial charge in [0.05, 0.1) is 28.5 Å². The molecule has 0 aliphatic carbocycles. The van der Waals surface area contributed by atoms with Gasteiger partial charge in [-0.3, -0.25) is 29.5 Å². The highest BCUT2D eigenvalue weighted by molar-refractivity contribution is 6.25. The molecule has 10 heteroatoms. The van der Waals surface area contributed by atoms with Crippen molar-refractivity contribution in [1.82, 2.24) is 5.01 Å². The van der Waals surface area contributed by atoms with E-state index >= 15 is 0 Å². The third-order valence-electron chi connectivity index (χ3n) is 6.32. The minimum atomic E-state index is -1.05. The van der Waals surface area contributed by atoms with Gasteiger partial charge in [0.2, 0.25) is 11.8 Å². The number of imide groups is 1. The van der Waals surface area contributed by atoms with Crippen LogP contribution in [0.1, 0.15) is 15.9 Å². The highest BCUT2D eigenvalue weighted by atomic mass is 19.1. The summed E-state index contributed by atoms with van der Waals surface area (Å²) < 4.78 is 13.4. The molecule has 9 nitrogen and oxygen atoms in total. The number of hydrogen-bond donors (Lipinski definition) is 0. The number of benzene rings is 2. The van der Waals surface area contributed by atoms with Crippen molar-refractivity contribution in [1.29, 1.82) is 0 Å². The standard InChI is InChI=1S/C23H17FN4O5/c1-12-11-15(28(32)33)8-9-16(12)26-22(30)18-17-3-2-10-25-27(17)20(19(18)23(26)31)21(29)13-4-6-14(24)7-5-13/h2-11,17-20H,1H3/t17-,18+,19+,20+/m1/s1. The van der Waals surface area contributed by atoms with Crippen molar-refractivity contribution in [3.8, 4) is 0 Å². The first-order valence-electron chi connectivity index (χ1n) is 10.2. The van der Waals surface area contributed by atoms with E-state index in [2.05, 4.69) is 5.10 Å². The Hall–Kier alpha value is -4.21. The summed E-state index contributed by atoms with van der Waals surface area (Å²) in [4.78, 5) is 52.0. The third kappa shape index (κ3) is 3.05. The summed E-state index contributed by atoms with van der Waals surface area (Å²) in [6, 6.07) is 7.23. The number of Topliss-reactive ketones (excluding diaryl/α,β-unsaturated/α-hetero) is 1. The molecule has 2 aromatic rings. The van der Waals surface area contributed by atoms with Gasteiger partial charge < -0.3 is 0 Å². The number of nitro groups is 1. The molecule has 0 N–H and O–H groups in total. The van der Waals surface area contributed by atoms with Gasteiger partial charge in [0.15, 0.2) is 5.78 Å². The molecule has 2 amide bonds. The van der Waals surface area contributed by atoms with Crippen molar-refractivity contribution in [2.45, 2.75) is 19.0 Å². The van der Waals surface area contributed by atoms with E-state index in [1.165, 1.54) is 41.6 Å². The molecule has 33 heavy (non-hydrogen) atoms. The number of halogens is 1. The predicted molar refractivity (Wildman–Crippen MR) is 115 cm³/mol. The number of rotatable bonds is 4. The minimum absolute atomic E-state index is 0.157. The molecule has 3 heterocycles. The fourth-order valence-electron chi connectivity index (χ4n) is 4.86. The van der Waals surface area contributed by atoms with Crippen LogP contribution in [0, 0.1) is 34.7 Å². The number of nitro benzene ring substituents is 1. The Bertz CT molecular complexity index is 1270. The minimum Gasteiger partial charge on any atom is -0.292 e. The summed E-state index contributed by atoms with van der Waals surface area (Å²) in [7, 11) is 0. The Balaban J connectivity index is 1.57. The van der Waals surface area contributed by atoms with Crippen LogP contribution in [-0.4, -0.2) is 45.8 Å². The molecular formula is C23H17FN4O5. The number of fused-ring (bicyclic) bond motifs is 3. The van der Waals surface area contributed by atoms with E-state index in [-0.39, 0.29) is 16.9 Å². The number of hydrazone groups is 1. The Morgan fingerprint density at radius 2 is 1.79 bits per heavy atom. The number of carbonyl (C=O) groups is 3. The van der Waals surface area contributed by atoms with E-state index in [4.69, 9.17) is 0 Å². The zero-order chi connectivity index (χ0) is 23.4. The number of hydrogen-bond acceptors (Lipinski definition) is 7. The Labute approximate surface area is 186 Å². The topological polar surface area (TPSA) is 113 Å². The molecule has 0 spiro atoms. The molecular weight excluding hydrogens is 431 g/mol. The molecule has 2 saturated heterocycles. The molecule has 5 rings (SSSR count). The number of ketones is 1. The lowest BCUT2D eigenvalue weighted by Crippen LogP contribution is -2.46. The van der Waals surface area contributed by atoms with Crippen LogP contribution in [0.2, 0.25) is 0 Å². The van der Waals surface area contributed by atoms with Crippen LogP contribution in [0.15, 0.2) is 59.7 Å². The Morgan fingerprint density at radius 1 is 1.09 bits per heavy atom. The van der Waals surface area contributed by atoms with Gasteiger partial charge in [0, 0.05) is 23.9 Å². The smallest absolute Gasteiger partial charge is 0.269 e. The van der Waals surface area contributed by atoms with E-state index in [1.807, 2.05) is 0 Å². The largest absolute Gasteiger partial charge is 0.292 e.